The van der Waals surface area contributed by atoms with E-state index in [9.17, 15) is 0 Å². The van der Waals surface area contributed by atoms with Crippen molar-refractivity contribution in [2.24, 2.45) is 7.05 Å². The highest BCUT2D eigenvalue weighted by Crippen LogP contribution is 2.37. The van der Waals surface area contributed by atoms with E-state index in [0.717, 1.165) is 33.3 Å². The Morgan fingerprint density at radius 3 is 2.41 bits per heavy atom. The van der Waals surface area contributed by atoms with Crippen LogP contribution >= 0.6 is 0 Å². The van der Waals surface area contributed by atoms with Crippen LogP contribution in [0.15, 0.2) is 71.3 Å². The summed E-state index contributed by atoms with van der Waals surface area (Å²) in [7, 11) is 2.10. The zero-order chi connectivity index (χ0) is 20.1. The van der Waals surface area contributed by atoms with Gasteiger partial charge in [0.25, 0.3) is 0 Å². The molecule has 2 aromatic carbocycles. The molecule has 0 aliphatic rings. The van der Waals surface area contributed by atoms with Crippen LogP contribution in [0, 0.1) is 20.8 Å². The number of hydrogen-bond acceptors (Lipinski definition) is 2. The third-order valence-corrected chi connectivity index (χ3v) is 5.68. The molecule has 142 valence electrons. The average Bonchev–Trinajstić information content (AvgIpc) is 3.10. The lowest BCUT2D eigenvalue weighted by molar-refractivity contribution is -0.659. The third-order valence-electron chi connectivity index (χ3n) is 5.68. The Labute approximate surface area is 170 Å². The van der Waals surface area contributed by atoms with Crippen LogP contribution < -0.4 is 4.57 Å². The first-order valence-electron chi connectivity index (χ1n) is 9.88. The lowest BCUT2D eigenvalue weighted by Crippen LogP contribution is -2.31. The van der Waals surface area contributed by atoms with Gasteiger partial charge >= 0.3 is 0 Å². The molecule has 0 saturated carbocycles. The van der Waals surface area contributed by atoms with Crippen molar-refractivity contribution in [3.05, 3.63) is 83.7 Å². The minimum Gasteiger partial charge on any atom is -0.437 e. The van der Waals surface area contributed by atoms with Gasteiger partial charge < -0.3 is 4.42 Å². The molecule has 0 fully saturated rings. The van der Waals surface area contributed by atoms with Gasteiger partial charge in [0.2, 0.25) is 11.4 Å². The van der Waals surface area contributed by atoms with E-state index in [1.165, 1.54) is 22.3 Å². The Hall–Kier alpha value is -3.46. The van der Waals surface area contributed by atoms with Crippen molar-refractivity contribution in [3.8, 4) is 22.4 Å². The lowest BCUT2D eigenvalue weighted by atomic mass is 9.98. The van der Waals surface area contributed by atoms with E-state index in [4.69, 9.17) is 4.42 Å². The highest BCUT2D eigenvalue weighted by molar-refractivity contribution is 6.09. The number of furan rings is 1. The summed E-state index contributed by atoms with van der Waals surface area (Å²) in [5.41, 5.74) is 9.69. The van der Waals surface area contributed by atoms with Crippen molar-refractivity contribution >= 4 is 22.1 Å². The van der Waals surface area contributed by atoms with E-state index < -0.39 is 0 Å². The molecule has 0 atom stereocenters. The topological polar surface area (TPSA) is 29.9 Å². The summed E-state index contributed by atoms with van der Waals surface area (Å²) in [5.74, 6) is 0. The smallest absolute Gasteiger partial charge is 0.227 e. The Balaban J connectivity index is 1.77. The maximum atomic E-state index is 6.28. The van der Waals surface area contributed by atoms with E-state index in [1.807, 2.05) is 19.1 Å². The summed E-state index contributed by atoms with van der Waals surface area (Å²) in [6.45, 7) is 6.29. The number of aryl methyl sites for hydroxylation is 4. The predicted octanol–water partition coefficient (Wildman–Crippen LogP) is 6.06. The van der Waals surface area contributed by atoms with Crippen molar-refractivity contribution in [1.82, 2.24) is 4.98 Å². The molecule has 5 rings (SSSR count). The van der Waals surface area contributed by atoms with Crippen molar-refractivity contribution in [1.29, 1.82) is 0 Å². The first-order valence-corrected chi connectivity index (χ1v) is 9.88. The maximum Gasteiger partial charge on any atom is 0.227 e. The normalized spacial score (nSPS) is 11.4. The first-order chi connectivity index (χ1) is 14.0. The van der Waals surface area contributed by atoms with Gasteiger partial charge in [-0.05, 0) is 55.7 Å². The Kier molecular flexibility index (Phi) is 3.99. The molecule has 5 aromatic rings. The van der Waals surface area contributed by atoms with E-state index >= 15 is 0 Å². The van der Waals surface area contributed by atoms with E-state index in [2.05, 4.69) is 85.2 Å². The molecular weight excluding hydrogens is 356 g/mol. The van der Waals surface area contributed by atoms with E-state index in [-0.39, 0.29) is 0 Å². The summed E-state index contributed by atoms with van der Waals surface area (Å²) < 4.78 is 8.47. The summed E-state index contributed by atoms with van der Waals surface area (Å²) in [4.78, 5) is 4.61. The second-order valence-corrected chi connectivity index (χ2v) is 7.77. The van der Waals surface area contributed by atoms with Crippen LogP contribution in [0.4, 0.5) is 0 Å². The fourth-order valence-electron chi connectivity index (χ4n) is 4.16. The number of pyridine rings is 2. The lowest BCUT2D eigenvalue weighted by Gasteiger charge is -2.09. The standard InChI is InChI=1S/C26H23N2O/c1-16-10-12-20(25-24(16)21-13-11-18(3)27-26(21)29-25)23-14-17(2)22(15-28(23)4)19-8-6-5-7-9-19/h5-15H,1-4H3/q+1. The zero-order valence-electron chi connectivity index (χ0n) is 17.2. The van der Waals surface area contributed by atoms with E-state index in [0.29, 0.717) is 5.71 Å². The van der Waals surface area contributed by atoms with Gasteiger partial charge in [-0.15, -0.1) is 0 Å². The molecule has 3 heterocycles. The number of fused-ring (bicyclic) bond motifs is 3. The fourth-order valence-corrected chi connectivity index (χ4v) is 4.16. The van der Waals surface area contributed by atoms with Crippen LogP contribution in [0.1, 0.15) is 16.8 Å². The second-order valence-electron chi connectivity index (χ2n) is 7.77. The molecule has 3 heteroatoms. The second kappa shape index (κ2) is 6.56. The number of hydrogen-bond donors (Lipinski definition) is 0. The molecule has 0 amide bonds. The Bertz CT molecular complexity index is 1380. The molecule has 0 radical (unpaired) electrons. The number of rotatable bonds is 2. The highest BCUT2D eigenvalue weighted by Gasteiger charge is 2.21. The Morgan fingerprint density at radius 1 is 0.828 bits per heavy atom. The van der Waals surface area contributed by atoms with Crippen molar-refractivity contribution < 1.29 is 8.98 Å². The molecule has 0 aliphatic carbocycles. The SMILES string of the molecule is Cc1ccc2c(n1)oc1c(-c3cc(C)c(-c4ccccc4)c[n+]3C)ccc(C)c12. The van der Waals surface area contributed by atoms with Crippen LogP contribution in [0.2, 0.25) is 0 Å². The largest absolute Gasteiger partial charge is 0.437 e. The average molecular weight is 379 g/mol. The molecule has 0 saturated heterocycles. The predicted molar refractivity (Wildman–Crippen MR) is 118 cm³/mol. The van der Waals surface area contributed by atoms with Crippen molar-refractivity contribution in [3.63, 3.8) is 0 Å². The number of benzene rings is 2. The Morgan fingerprint density at radius 2 is 1.62 bits per heavy atom. The van der Waals surface area contributed by atoms with Gasteiger partial charge in [-0.2, -0.15) is 0 Å². The fraction of sp³-hybridized carbons (Fsp3) is 0.154. The van der Waals surface area contributed by atoms with Crippen LogP contribution in [0.25, 0.3) is 44.5 Å². The highest BCUT2D eigenvalue weighted by atomic mass is 16.3. The van der Waals surface area contributed by atoms with Gasteiger partial charge in [0.1, 0.15) is 7.05 Å². The summed E-state index contributed by atoms with van der Waals surface area (Å²) >= 11 is 0. The molecule has 3 aromatic heterocycles. The molecule has 0 bridgehead atoms. The molecule has 3 nitrogen and oxygen atoms in total. The van der Waals surface area contributed by atoms with Gasteiger partial charge in [-0.3, -0.25) is 0 Å². The molecular formula is C26H23N2O+. The van der Waals surface area contributed by atoms with Crippen molar-refractivity contribution in [2.45, 2.75) is 20.8 Å². The molecule has 0 N–H and O–H groups in total. The van der Waals surface area contributed by atoms with Gasteiger partial charge in [0.15, 0.2) is 11.8 Å². The zero-order valence-corrected chi connectivity index (χ0v) is 17.2. The number of aromatic nitrogens is 2. The van der Waals surface area contributed by atoms with Crippen LogP contribution in [-0.4, -0.2) is 4.98 Å². The number of nitrogens with zero attached hydrogens (tertiary/aromatic N) is 2. The minimum atomic E-state index is 0.704. The third kappa shape index (κ3) is 2.82. The van der Waals surface area contributed by atoms with Gasteiger partial charge in [-0.25, -0.2) is 9.55 Å². The van der Waals surface area contributed by atoms with Gasteiger partial charge in [0.05, 0.1) is 5.56 Å². The quantitative estimate of drug-likeness (QED) is 0.349. The molecule has 0 aliphatic heterocycles. The molecule has 0 unspecified atom stereocenters. The summed E-state index contributed by atoms with van der Waals surface area (Å²) in [6, 6.07) is 21.2. The summed E-state index contributed by atoms with van der Waals surface area (Å²) in [6.07, 6.45) is 2.21. The minimum absolute atomic E-state index is 0.704. The molecule has 29 heavy (non-hydrogen) atoms. The molecule has 0 spiro atoms. The van der Waals surface area contributed by atoms with Gasteiger partial charge in [0, 0.05) is 28.1 Å². The van der Waals surface area contributed by atoms with Crippen LogP contribution in [0.3, 0.4) is 0 Å². The van der Waals surface area contributed by atoms with Gasteiger partial charge in [-0.1, -0.05) is 36.4 Å². The van der Waals surface area contributed by atoms with Crippen molar-refractivity contribution in [2.75, 3.05) is 0 Å². The maximum absolute atomic E-state index is 6.28. The van der Waals surface area contributed by atoms with Crippen LogP contribution in [-0.2, 0) is 7.05 Å². The van der Waals surface area contributed by atoms with Crippen LogP contribution in [0.5, 0.6) is 0 Å². The summed E-state index contributed by atoms with van der Waals surface area (Å²) in [5, 5.41) is 2.22. The first kappa shape index (κ1) is 17.6. The monoisotopic (exact) mass is 379 g/mol. The van der Waals surface area contributed by atoms with E-state index in [1.54, 1.807) is 0 Å².